The first-order chi connectivity index (χ1) is 8.13. The standard InChI is InChI=1S/C13H16N4/c1-9-4-5-12(7-14-9)8-15-13-16-10(2)6-11(3)17-13/h4-7H,8H2,1-3H3,(H,15,16,17). The third-order valence-electron chi connectivity index (χ3n) is 2.41. The van der Waals surface area contributed by atoms with Gasteiger partial charge in [0.15, 0.2) is 0 Å². The van der Waals surface area contributed by atoms with Gasteiger partial charge >= 0.3 is 0 Å². The van der Waals surface area contributed by atoms with Crippen LogP contribution in [0.5, 0.6) is 0 Å². The fourth-order valence-electron chi connectivity index (χ4n) is 1.59. The zero-order valence-electron chi connectivity index (χ0n) is 10.4. The molecule has 2 aromatic rings. The predicted molar refractivity (Wildman–Crippen MR) is 67.8 cm³/mol. The number of anilines is 1. The van der Waals surface area contributed by atoms with Crippen LogP contribution < -0.4 is 5.32 Å². The Morgan fingerprint density at radius 3 is 2.29 bits per heavy atom. The lowest BCUT2D eigenvalue weighted by atomic mass is 10.2. The van der Waals surface area contributed by atoms with E-state index < -0.39 is 0 Å². The first-order valence-electron chi connectivity index (χ1n) is 5.61. The van der Waals surface area contributed by atoms with Gasteiger partial charge in [-0.1, -0.05) is 6.07 Å². The van der Waals surface area contributed by atoms with Gasteiger partial charge in [0.2, 0.25) is 5.95 Å². The number of hydrogen-bond donors (Lipinski definition) is 1. The SMILES string of the molecule is Cc1ccc(CNc2nc(C)cc(C)n2)cn1. The van der Waals surface area contributed by atoms with Crippen molar-refractivity contribution in [2.24, 2.45) is 0 Å². The molecule has 0 fully saturated rings. The van der Waals surface area contributed by atoms with Crippen LogP contribution in [0.4, 0.5) is 5.95 Å². The molecule has 0 unspecified atom stereocenters. The summed E-state index contributed by atoms with van der Waals surface area (Å²) in [4.78, 5) is 12.9. The van der Waals surface area contributed by atoms with Crippen molar-refractivity contribution < 1.29 is 0 Å². The summed E-state index contributed by atoms with van der Waals surface area (Å²) < 4.78 is 0. The lowest BCUT2D eigenvalue weighted by Crippen LogP contribution is -2.05. The third kappa shape index (κ3) is 3.24. The highest BCUT2D eigenvalue weighted by atomic mass is 15.1. The van der Waals surface area contributed by atoms with Crippen molar-refractivity contribution in [3.63, 3.8) is 0 Å². The summed E-state index contributed by atoms with van der Waals surface area (Å²) >= 11 is 0. The predicted octanol–water partition coefficient (Wildman–Crippen LogP) is 2.41. The molecule has 88 valence electrons. The highest BCUT2D eigenvalue weighted by Crippen LogP contribution is 2.06. The number of aromatic nitrogens is 3. The Morgan fingerprint density at radius 2 is 1.71 bits per heavy atom. The summed E-state index contributed by atoms with van der Waals surface area (Å²) in [6.07, 6.45) is 1.87. The van der Waals surface area contributed by atoms with Crippen molar-refractivity contribution in [3.8, 4) is 0 Å². The second kappa shape index (κ2) is 4.91. The van der Waals surface area contributed by atoms with Crippen LogP contribution >= 0.6 is 0 Å². The minimum Gasteiger partial charge on any atom is -0.350 e. The fourth-order valence-corrected chi connectivity index (χ4v) is 1.59. The summed E-state index contributed by atoms with van der Waals surface area (Å²) in [5.41, 5.74) is 4.10. The molecular formula is C13H16N4. The molecule has 17 heavy (non-hydrogen) atoms. The average Bonchev–Trinajstić information content (AvgIpc) is 2.27. The van der Waals surface area contributed by atoms with E-state index in [1.54, 1.807) is 0 Å². The maximum Gasteiger partial charge on any atom is 0.223 e. The largest absolute Gasteiger partial charge is 0.350 e. The fraction of sp³-hybridized carbons (Fsp3) is 0.308. The maximum atomic E-state index is 4.32. The summed E-state index contributed by atoms with van der Waals surface area (Å²) in [5, 5.41) is 3.20. The lowest BCUT2D eigenvalue weighted by Gasteiger charge is -2.06. The van der Waals surface area contributed by atoms with Crippen molar-refractivity contribution >= 4 is 5.95 Å². The van der Waals surface area contributed by atoms with E-state index in [-0.39, 0.29) is 0 Å². The maximum absolute atomic E-state index is 4.32. The molecule has 0 aliphatic heterocycles. The van der Waals surface area contributed by atoms with E-state index in [9.17, 15) is 0 Å². The molecule has 0 spiro atoms. The van der Waals surface area contributed by atoms with Crippen molar-refractivity contribution in [1.29, 1.82) is 0 Å². The van der Waals surface area contributed by atoms with Gasteiger partial charge in [-0.15, -0.1) is 0 Å². The normalized spacial score (nSPS) is 10.3. The molecule has 0 aliphatic carbocycles. The van der Waals surface area contributed by atoms with Gasteiger partial charge in [0, 0.05) is 29.8 Å². The molecular weight excluding hydrogens is 212 g/mol. The molecule has 0 saturated heterocycles. The van der Waals surface area contributed by atoms with Crippen molar-refractivity contribution in [1.82, 2.24) is 15.0 Å². The second-order valence-electron chi connectivity index (χ2n) is 4.14. The van der Waals surface area contributed by atoms with Gasteiger partial charge in [0.1, 0.15) is 0 Å². The van der Waals surface area contributed by atoms with Crippen LogP contribution in [-0.4, -0.2) is 15.0 Å². The van der Waals surface area contributed by atoms with Crippen LogP contribution in [0.1, 0.15) is 22.6 Å². The van der Waals surface area contributed by atoms with Gasteiger partial charge in [0.05, 0.1) is 0 Å². The van der Waals surface area contributed by atoms with Gasteiger partial charge in [-0.25, -0.2) is 9.97 Å². The molecule has 2 heterocycles. The van der Waals surface area contributed by atoms with Crippen LogP contribution in [0.2, 0.25) is 0 Å². The Kier molecular flexibility index (Phi) is 3.32. The van der Waals surface area contributed by atoms with Crippen LogP contribution in [0.25, 0.3) is 0 Å². The number of hydrogen-bond acceptors (Lipinski definition) is 4. The van der Waals surface area contributed by atoms with Gasteiger partial charge in [0.25, 0.3) is 0 Å². The molecule has 2 rings (SSSR count). The van der Waals surface area contributed by atoms with Gasteiger partial charge in [-0.3, -0.25) is 4.98 Å². The molecule has 0 atom stereocenters. The minimum absolute atomic E-state index is 0.670. The Hall–Kier alpha value is -1.97. The second-order valence-corrected chi connectivity index (χ2v) is 4.14. The first kappa shape index (κ1) is 11.5. The van der Waals surface area contributed by atoms with Crippen molar-refractivity contribution in [3.05, 3.63) is 47.0 Å². The number of pyridine rings is 1. The van der Waals surface area contributed by atoms with Crippen LogP contribution in [0, 0.1) is 20.8 Å². The molecule has 0 aromatic carbocycles. The third-order valence-corrected chi connectivity index (χ3v) is 2.41. The van der Waals surface area contributed by atoms with Gasteiger partial charge in [-0.05, 0) is 38.5 Å². The van der Waals surface area contributed by atoms with E-state index in [1.807, 2.05) is 39.1 Å². The number of aryl methyl sites for hydroxylation is 3. The minimum atomic E-state index is 0.670. The zero-order valence-corrected chi connectivity index (χ0v) is 10.4. The van der Waals surface area contributed by atoms with E-state index in [4.69, 9.17) is 0 Å². The summed E-state index contributed by atoms with van der Waals surface area (Å²) in [6, 6.07) is 6.01. The van der Waals surface area contributed by atoms with E-state index in [1.165, 1.54) is 0 Å². The molecule has 1 N–H and O–H groups in total. The van der Waals surface area contributed by atoms with Gasteiger partial charge in [-0.2, -0.15) is 0 Å². The number of nitrogens with one attached hydrogen (secondary N) is 1. The van der Waals surface area contributed by atoms with E-state index in [0.29, 0.717) is 12.5 Å². The number of rotatable bonds is 3. The molecule has 4 heteroatoms. The lowest BCUT2D eigenvalue weighted by molar-refractivity contribution is 0.994. The number of nitrogens with zero attached hydrogens (tertiary/aromatic N) is 3. The Morgan fingerprint density at radius 1 is 1.00 bits per heavy atom. The summed E-state index contributed by atoms with van der Waals surface area (Å²) in [7, 11) is 0. The molecule has 0 aliphatic rings. The topological polar surface area (TPSA) is 50.7 Å². The zero-order chi connectivity index (χ0) is 12.3. The van der Waals surface area contributed by atoms with E-state index in [2.05, 4.69) is 26.3 Å². The van der Waals surface area contributed by atoms with Crippen molar-refractivity contribution in [2.45, 2.75) is 27.3 Å². The average molecular weight is 228 g/mol. The summed E-state index contributed by atoms with van der Waals surface area (Å²) in [6.45, 7) is 6.60. The van der Waals surface area contributed by atoms with Crippen molar-refractivity contribution in [2.75, 3.05) is 5.32 Å². The first-order valence-corrected chi connectivity index (χ1v) is 5.61. The van der Waals surface area contributed by atoms with E-state index in [0.717, 1.165) is 22.6 Å². The molecule has 2 aromatic heterocycles. The smallest absolute Gasteiger partial charge is 0.223 e. The Bertz CT molecular complexity index is 485. The Balaban J connectivity index is 2.04. The highest BCUT2D eigenvalue weighted by molar-refractivity contribution is 5.29. The molecule has 0 saturated carbocycles. The monoisotopic (exact) mass is 228 g/mol. The summed E-state index contributed by atoms with van der Waals surface area (Å²) in [5.74, 6) is 0.670. The highest BCUT2D eigenvalue weighted by Gasteiger charge is 1.99. The van der Waals surface area contributed by atoms with Gasteiger partial charge < -0.3 is 5.32 Å². The molecule has 0 amide bonds. The Labute approximate surface area is 101 Å². The molecule has 0 radical (unpaired) electrons. The molecule has 0 bridgehead atoms. The molecule has 4 nitrogen and oxygen atoms in total. The quantitative estimate of drug-likeness (QED) is 0.876. The van der Waals surface area contributed by atoms with Crippen LogP contribution in [0.15, 0.2) is 24.4 Å². The van der Waals surface area contributed by atoms with Crippen LogP contribution in [0.3, 0.4) is 0 Å². The van der Waals surface area contributed by atoms with Crippen LogP contribution in [-0.2, 0) is 6.54 Å². The van der Waals surface area contributed by atoms with E-state index >= 15 is 0 Å².